The SMILES string of the molecule is CCOC(=O)c1csc(NC(=O)c2ccccc2OC)n1. The van der Waals surface area contributed by atoms with Crippen molar-refractivity contribution in [2.24, 2.45) is 0 Å². The topological polar surface area (TPSA) is 77.5 Å². The van der Waals surface area contributed by atoms with Crippen molar-refractivity contribution in [2.75, 3.05) is 19.0 Å². The molecule has 0 fully saturated rings. The van der Waals surface area contributed by atoms with Crippen LogP contribution in [0.3, 0.4) is 0 Å². The van der Waals surface area contributed by atoms with Crippen LogP contribution < -0.4 is 10.1 Å². The van der Waals surface area contributed by atoms with Gasteiger partial charge in [0.05, 0.1) is 19.3 Å². The van der Waals surface area contributed by atoms with E-state index in [0.717, 1.165) is 11.3 Å². The summed E-state index contributed by atoms with van der Waals surface area (Å²) >= 11 is 1.16. The summed E-state index contributed by atoms with van der Waals surface area (Å²) in [6.45, 7) is 1.99. The van der Waals surface area contributed by atoms with E-state index in [1.165, 1.54) is 12.5 Å². The number of rotatable bonds is 5. The van der Waals surface area contributed by atoms with Crippen molar-refractivity contribution >= 4 is 28.3 Å². The minimum Gasteiger partial charge on any atom is -0.496 e. The molecule has 21 heavy (non-hydrogen) atoms. The Morgan fingerprint density at radius 3 is 2.81 bits per heavy atom. The Morgan fingerprint density at radius 2 is 2.10 bits per heavy atom. The molecule has 0 spiro atoms. The number of para-hydroxylation sites is 1. The summed E-state index contributed by atoms with van der Waals surface area (Å²) in [7, 11) is 1.49. The monoisotopic (exact) mass is 306 g/mol. The van der Waals surface area contributed by atoms with E-state index < -0.39 is 5.97 Å². The minimum atomic E-state index is -0.508. The lowest BCUT2D eigenvalue weighted by atomic mass is 10.2. The first-order chi connectivity index (χ1) is 10.2. The third kappa shape index (κ3) is 3.57. The molecule has 7 heteroatoms. The lowest BCUT2D eigenvalue weighted by molar-refractivity contribution is 0.0520. The second-order valence-electron chi connectivity index (χ2n) is 3.91. The number of nitrogens with one attached hydrogen (secondary N) is 1. The van der Waals surface area contributed by atoms with Crippen molar-refractivity contribution < 1.29 is 19.1 Å². The summed E-state index contributed by atoms with van der Waals surface area (Å²) in [5.74, 6) is -0.388. The van der Waals surface area contributed by atoms with Gasteiger partial charge >= 0.3 is 5.97 Å². The molecular weight excluding hydrogens is 292 g/mol. The number of carbonyl (C=O) groups excluding carboxylic acids is 2. The molecule has 0 aliphatic heterocycles. The van der Waals surface area contributed by atoms with Crippen LogP contribution in [0.5, 0.6) is 5.75 Å². The number of ether oxygens (including phenoxy) is 2. The maximum Gasteiger partial charge on any atom is 0.357 e. The average molecular weight is 306 g/mol. The van der Waals surface area contributed by atoms with Gasteiger partial charge in [0.15, 0.2) is 10.8 Å². The van der Waals surface area contributed by atoms with E-state index >= 15 is 0 Å². The third-order valence-corrected chi connectivity index (χ3v) is 3.32. The van der Waals surface area contributed by atoms with E-state index in [0.29, 0.717) is 16.4 Å². The highest BCUT2D eigenvalue weighted by Crippen LogP contribution is 2.21. The number of carbonyl (C=O) groups is 2. The van der Waals surface area contributed by atoms with Gasteiger partial charge in [-0.2, -0.15) is 0 Å². The molecular formula is C14H14N2O4S. The van der Waals surface area contributed by atoms with Crippen LogP contribution >= 0.6 is 11.3 Å². The van der Waals surface area contributed by atoms with Gasteiger partial charge in [-0.25, -0.2) is 9.78 Å². The van der Waals surface area contributed by atoms with Crippen molar-refractivity contribution in [3.8, 4) is 5.75 Å². The zero-order valence-corrected chi connectivity index (χ0v) is 12.4. The van der Waals surface area contributed by atoms with Crippen LogP contribution in [0.15, 0.2) is 29.6 Å². The van der Waals surface area contributed by atoms with Crippen LogP contribution in [-0.4, -0.2) is 30.6 Å². The second kappa shape index (κ2) is 6.85. The normalized spacial score (nSPS) is 10.0. The van der Waals surface area contributed by atoms with Crippen LogP contribution in [0.4, 0.5) is 5.13 Å². The molecule has 0 saturated carbocycles. The molecule has 2 aromatic rings. The Hall–Kier alpha value is -2.41. The number of thiazole rings is 1. The van der Waals surface area contributed by atoms with Crippen LogP contribution in [0, 0.1) is 0 Å². The first-order valence-electron chi connectivity index (χ1n) is 6.22. The second-order valence-corrected chi connectivity index (χ2v) is 4.77. The zero-order chi connectivity index (χ0) is 15.2. The van der Waals surface area contributed by atoms with E-state index in [2.05, 4.69) is 10.3 Å². The van der Waals surface area contributed by atoms with Gasteiger partial charge in [-0.3, -0.25) is 10.1 Å². The molecule has 0 saturated heterocycles. The summed E-state index contributed by atoms with van der Waals surface area (Å²) < 4.78 is 9.97. The fourth-order valence-electron chi connectivity index (χ4n) is 1.63. The maximum absolute atomic E-state index is 12.2. The number of hydrogen-bond acceptors (Lipinski definition) is 6. The van der Waals surface area contributed by atoms with Gasteiger partial charge in [0.2, 0.25) is 0 Å². The molecule has 0 unspecified atom stereocenters. The summed E-state index contributed by atoms with van der Waals surface area (Å²) in [4.78, 5) is 27.7. The summed E-state index contributed by atoms with van der Waals surface area (Å²) in [6.07, 6.45) is 0. The van der Waals surface area contributed by atoms with E-state index in [9.17, 15) is 9.59 Å². The fraction of sp³-hybridized carbons (Fsp3) is 0.214. The highest BCUT2D eigenvalue weighted by Gasteiger charge is 2.16. The van der Waals surface area contributed by atoms with E-state index in [1.807, 2.05) is 0 Å². The van der Waals surface area contributed by atoms with E-state index in [4.69, 9.17) is 9.47 Å². The fourth-order valence-corrected chi connectivity index (χ4v) is 2.30. The Labute approximate surface area is 125 Å². The lowest BCUT2D eigenvalue weighted by Crippen LogP contribution is -2.13. The molecule has 0 aliphatic rings. The van der Waals surface area contributed by atoms with Gasteiger partial charge in [-0.1, -0.05) is 12.1 Å². The molecule has 1 aromatic carbocycles. The Kier molecular flexibility index (Phi) is 4.89. The maximum atomic E-state index is 12.2. The minimum absolute atomic E-state index is 0.178. The van der Waals surface area contributed by atoms with Gasteiger partial charge in [0, 0.05) is 5.38 Å². The first-order valence-corrected chi connectivity index (χ1v) is 7.10. The summed E-state index contributed by atoms with van der Waals surface area (Å²) in [6, 6.07) is 6.86. The third-order valence-electron chi connectivity index (χ3n) is 2.56. The molecule has 1 amide bonds. The standard InChI is InChI=1S/C14H14N2O4S/c1-3-20-13(18)10-8-21-14(15-10)16-12(17)9-6-4-5-7-11(9)19-2/h4-8H,3H2,1-2H3,(H,15,16,17). The molecule has 0 radical (unpaired) electrons. The van der Waals surface area contributed by atoms with Gasteiger partial charge in [0.1, 0.15) is 5.75 Å². The summed E-state index contributed by atoms with van der Waals surface area (Å²) in [5, 5.41) is 4.50. The smallest absolute Gasteiger partial charge is 0.357 e. The number of amides is 1. The molecule has 2 rings (SSSR count). The Balaban J connectivity index is 2.11. The van der Waals surface area contributed by atoms with Crippen molar-refractivity contribution in [1.82, 2.24) is 4.98 Å². The molecule has 0 aliphatic carbocycles. The molecule has 0 bridgehead atoms. The number of esters is 1. The van der Waals surface area contributed by atoms with Gasteiger partial charge in [-0.05, 0) is 19.1 Å². The van der Waals surface area contributed by atoms with Crippen LogP contribution in [0.2, 0.25) is 0 Å². The number of anilines is 1. The Morgan fingerprint density at radius 1 is 1.33 bits per heavy atom. The molecule has 110 valence electrons. The molecule has 1 heterocycles. The lowest BCUT2D eigenvalue weighted by Gasteiger charge is -2.06. The van der Waals surface area contributed by atoms with Gasteiger partial charge < -0.3 is 9.47 Å². The average Bonchev–Trinajstić information content (AvgIpc) is 2.96. The van der Waals surface area contributed by atoms with Gasteiger partial charge in [0.25, 0.3) is 5.91 Å². The number of aromatic nitrogens is 1. The van der Waals surface area contributed by atoms with Crippen molar-refractivity contribution in [2.45, 2.75) is 6.92 Å². The van der Waals surface area contributed by atoms with Gasteiger partial charge in [-0.15, -0.1) is 11.3 Å². The van der Waals surface area contributed by atoms with Crippen LogP contribution in [-0.2, 0) is 4.74 Å². The summed E-state index contributed by atoms with van der Waals surface area (Å²) in [5.41, 5.74) is 0.574. The molecule has 6 nitrogen and oxygen atoms in total. The molecule has 0 atom stereocenters. The first kappa shape index (κ1) is 15.0. The number of benzene rings is 1. The Bertz CT molecular complexity index is 654. The quantitative estimate of drug-likeness (QED) is 0.859. The number of methoxy groups -OCH3 is 1. The number of hydrogen-bond donors (Lipinski definition) is 1. The van der Waals surface area contributed by atoms with Crippen molar-refractivity contribution in [3.63, 3.8) is 0 Å². The van der Waals surface area contributed by atoms with Crippen molar-refractivity contribution in [3.05, 3.63) is 40.9 Å². The zero-order valence-electron chi connectivity index (χ0n) is 11.6. The highest BCUT2D eigenvalue weighted by molar-refractivity contribution is 7.14. The largest absolute Gasteiger partial charge is 0.496 e. The molecule has 1 aromatic heterocycles. The predicted octanol–water partition coefficient (Wildman–Crippen LogP) is 2.58. The molecule has 1 N–H and O–H groups in total. The number of nitrogens with zero attached hydrogens (tertiary/aromatic N) is 1. The van der Waals surface area contributed by atoms with Crippen LogP contribution in [0.25, 0.3) is 0 Å². The van der Waals surface area contributed by atoms with Crippen molar-refractivity contribution in [1.29, 1.82) is 0 Å². The van der Waals surface area contributed by atoms with E-state index in [1.54, 1.807) is 31.2 Å². The predicted molar refractivity (Wildman–Crippen MR) is 79.0 cm³/mol. The van der Waals surface area contributed by atoms with E-state index in [-0.39, 0.29) is 18.2 Å². The highest BCUT2D eigenvalue weighted by atomic mass is 32.1. The van der Waals surface area contributed by atoms with Crippen LogP contribution in [0.1, 0.15) is 27.8 Å².